The fraction of sp³-hybridized carbons (Fsp3) is 0.222. The van der Waals surface area contributed by atoms with E-state index in [1.54, 1.807) is 0 Å². The number of nitrogens with zero attached hydrogens (tertiary/aromatic N) is 1. The van der Waals surface area contributed by atoms with Crippen molar-refractivity contribution in [2.45, 2.75) is 6.42 Å². The molecule has 0 aliphatic heterocycles. The van der Waals surface area contributed by atoms with Crippen LogP contribution in [0.5, 0.6) is 0 Å². The topological polar surface area (TPSA) is 54.7 Å². The van der Waals surface area contributed by atoms with Crippen LogP contribution in [0.15, 0.2) is 18.2 Å². The number of imidazole rings is 1. The first-order chi connectivity index (χ1) is 6.31. The molecule has 2 aromatic rings. The van der Waals surface area contributed by atoms with E-state index < -0.39 is 0 Å². The average molecular weight is 196 g/mol. The molecule has 3 nitrogen and oxygen atoms in total. The van der Waals surface area contributed by atoms with Gasteiger partial charge in [-0.2, -0.15) is 0 Å². The second-order valence-electron chi connectivity index (χ2n) is 2.86. The van der Waals surface area contributed by atoms with Crippen LogP contribution in [0.1, 0.15) is 5.82 Å². The second kappa shape index (κ2) is 3.36. The number of para-hydroxylation sites is 1. The molecule has 0 radical (unpaired) electrons. The Labute approximate surface area is 80.9 Å². The Bertz CT molecular complexity index is 422. The van der Waals surface area contributed by atoms with Crippen molar-refractivity contribution >= 4 is 22.6 Å². The molecule has 0 aliphatic carbocycles. The van der Waals surface area contributed by atoms with Crippen LogP contribution in [-0.2, 0) is 6.42 Å². The highest BCUT2D eigenvalue weighted by Gasteiger charge is 2.04. The van der Waals surface area contributed by atoms with Crippen LogP contribution < -0.4 is 5.73 Å². The molecule has 13 heavy (non-hydrogen) atoms. The minimum Gasteiger partial charge on any atom is -0.342 e. The molecule has 3 N–H and O–H groups in total. The van der Waals surface area contributed by atoms with Crippen molar-refractivity contribution in [2.24, 2.45) is 5.73 Å². The van der Waals surface area contributed by atoms with Gasteiger partial charge in [0, 0.05) is 6.42 Å². The molecular weight excluding hydrogens is 186 g/mol. The molecule has 4 heteroatoms. The number of rotatable bonds is 2. The van der Waals surface area contributed by atoms with Crippen LogP contribution in [0.25, 0.3) is 11.0 Å². The van der Waals surface area contributed by atoms with Gasteiger partial charge in [0.1, 0.15) is 11.3 Å². The zero-order valence-electron chi connectivity index (χ0n) is 7.05. The lowest BCUT2D eigenvalue weighted by Gasteiger charge is -1.88. The molecule has 1 aromatic carbocycles. The molecule has 0 atom stereocenters. The highest BCUT2D eigenvalue weighted by Crippen LogP contribution is 2.20. The van der Waals surface area contributed by atoms with Crippen molar-refractivity contribution < 1.29 is 0 Å². The van der Waals surface area contributed by atoms with E-state index in [-0.39, 0.29) is 0 Å². The smallest absolute Gasteiger partial charge is 0.108 e. The van der Waals surface area contributed by atoms with Crippen LogP contribution in [0.4, 0.5) is 0 Å². The van der Waals surface area contributed by atoms with Crippen LogP contribution in [0.2, 0.25) is 5.02 Å². The summed E-state index contributed by atoms with van der Waals surface area (Å²) in [5.41, 5.74) is 7.22. The van der Waals surface area contributed by atoms with Crippen LogP contribution in [-0.4, -0.2) is 16.5 Å². The highest BCUT2D eigenvalue weighted by molar-refractivity contribution is 6.34. The van der Waals surface area contributed by atoms with E-state index >= 15 is 0 Å². The molecule has 0 fully saturated rings. The van der Waals surface area contributed by atoms with Gasteiger partial charge in [-0.1, -0.05) is 17.7 Å². The summed E-state index contributed by atoms with van der Waals surface area (Å²) in [7, 11) is 0. The van der Waals surface area contributed by atoms with Crippen LogP contribution >= 0.6 is 11.6 Å². The van der Waals surface area contributed by atoms with E-state index in [0.29, 0.717) is 11.6 Å². The zero-order chi connectivity index (χ0) is 9.26. The summed E-state index contributed by atoms with van der Waals surface area (Å²) in [6.07, 6.45) is 0.755. The number of nitrogens with one attached hydrogen (secondary N) is 1. The third-order valence-corrected chi connectivity index (χ3v) is 2.20. The Morgan fingerprint density at radius 3 is 3.00 bits per heavy atom. The summed E-state index contributed by atoms with van der Waals surface area (Å²) in [4.78, 5) is 7.50. The number of H-pyrrole nitrogens is 1. The Balaban J connectivity index is 2.55. The van der Waals surface area contributed by atoms with E-state index in [1.807, 2.05) is 18.2 Å². The number of aromatic nitrogens is 2. The van der Waals surface area contributed by atoms with Gasteiger partial charge in [-0.3, -0.25) is 0 Å². The van der Waals surface area contributed by atoms with Crippen molar-refractivity contribution in [2.75, 3.05) is 6.54 Å². The van der Waals surface area contributed by atoms with Gasteiger partial charge in [-0.05, 0) is 18.7 Å². The molecule has 0 aliphatic rings. The maximum Gasteiger partial charge on any atom is 0.108 e. The fourth-order valence-corrected chi connectivity index (χ4v) is 1.52. The lowest BCUT2D eigenvalue weighted by Crippen LogP contribution is -2.03. The number of hydrogen-bond donors (Lipinski definition) is 2. The zero-order valence-corrected chi connectivity index (χ0v) is 7.80. The van der Waals surface area contributed by atoms with Gasteiger partial charge in [-0.25, -0.2) is 4.98 Å². The summed E-state index contributed by atoms with van der Waals surface area (Å²) in [5, 5.41) is 0.678. The number of aromatic amines is 1. The number of halogens is 1. The molecule has 0 unspecified atom stereocenters. The molecule has 68 valence electrons. The number of hydrogen-bond acceptors (Lipinski definition) is 2. The minimum atomic E-state index is 0.595. The van der Waals surface area contributed by atoms with Gasteiger partial charge in [0.2, 0.25) is 0 Å². The summed E-state index contributed by atoms with van der Waals surface area (Å²) in [6, 6.07) is 5.68. The fourth-order valence-electron chi connectivity index (χ4n) is 1.30. The van der Waals surface area contributed by atoms with Gasteiger partial charge < -0.3 is 10.7 Å². The molecule has 1 heterocycles. The predicted molar refractivity (Wildman–Crippen MR) is 53.9 cm³/mol. The summed E-state index contributed by atoms with van der Waals surface area (Å²) >= 11 is 5.96. The SMILES string of the molecule is NCCc1nc2c(Cl)cccc2[nH]1. The standard InChI is InChI=1S/C9H10ClN3/c10-6-2-1-3-7-9(6)13-8(12-7)4-5-11/h1-3H,4-5,11H2,(H,12,13). The molecule has 0 saturated heterocycles. The van der Waals surface area contributed by atoms with Crippen LogP contribution in [0, 0.1) is 0 Å². The van der Waals surface area contributed by atoms with Crippen molar-refractivity contribution in [3.63, 3.8) is 0 Å². The largest absolute Gasteiger partial charge is 0.342 e. The quantitative estimate of drug-likeness (QED) is 0.767. The first-order valence-electron chi connectivity index (χ1n) is 4.14. The van der Waals surface area contributed by atoms with E-state index in [2.05, 4.69) is 9.97 Å². The summed E-state index contributed by atoms with van der Waals surface area (Å²) in [5.74, 6) is 0.894. The Morgan fingerprint density at radius 1 is 1.46 bits per heavy atom. The highest BCUT2D eigenvalue weighted by atomic mass is 35.5. The first-order valence-corrected chi connectivity index (χ1v) is 4.52. The van der Waals surface area contributed by atoms with Gasteiger partial charge in [0.05, 0.1) is 10.5 Å². The lowest BCUT2D eigenvalue weighted by molar-refractivity contribution is 0.900. The molecule has 0 spiro atoms. The lowest BCUT2D eigenvalue weighted by atomic mass is 10.3. The molecule has 0 bridgehead atoms. The van der Waals surface area contributed by atoms with E-state index in [9.17, 15) is 0 Å². The number of fused-ring (bicyclic) bond motifs is 1. The van der Waals surface area contributed by atoms with E-state index in [0.717, 1.165) is 23.3 Å². The molecule has 0 saturated carbocycles. The number of benzene rings is 1. The van der Waals surface area contributed by atoms with Gasteiger partial charge in [0.25, 0.3) is 0 Å². The molecule has 0 amide bonds. The minimum absolute atomic E-state index is 0.595. The van der Waals surface area contributed by atoms with Crippen molar-refractivity contribution in [3.05, 3.63) is 29.0 Å². The van der Waals surface area contributed by atoms with Crippen molar-refractivity contribution in [1.82, 2.24) is 9.97 Å². The second-order valence-corrected chi connectivity index (χ2v) is 3.27. The van der Waals surface area contributed by atoms with E-state index in [4.69, 9.17) is 17.3 Å². The number of nitrogens with two attached hydrogens (primary N) is 1. The Hall–Kier alpha value is -1.06. The maximum atomic E-state index is 5.96. The third kappa shape index (κ3) is 1.53. The van der Waals surface area contributed by atoms with Gasteiger partial charge >= 0.3 is 0 Å². The summed E-state index contributed by atoms with van der Waals surface area (Å²) < 4.78 is 0. The van der Waals surface area contributed by atoms with Gasteiger partial charge in [-0.15, -0.1) is 0 Å². The Morgan fingerprint density at radius 2 is 2.31 bits per heavy atom. The van der Waals surface area contributed by atoms with E-state index in [1.165, 1.54) is 0 Å². The van der Waals surface area contributed by atoms with Gasteiger partial charge in [0.15, 0.2) is 0 Å². The average Bonchev–Trinajstić information content (AvgIpc) is 2.49. The predicted octanol–water partition coefficient (Wildman–Crippen LogP) is 1.72. The molecular formula is C9H10ClN3. The monoisotopic (exact) mass is 195 g/mol. The molecule has 2 rings (SSSR count). The van der Waals surface area contributed by atoms with Crippen molar-refractivity contribution in [1.29, 1.82) is 0 Å². The normalized spacial score (nSPS) is 10.9. The van der Waals surface area contributed by atoms with Crippen LogP contribution in [0.3, 0.4) is 0 Å². The molecule has 1 aromatic heterocycles. The Kier molecular flexibility index (Phi) is 2.20. The third-order valence-electron chi connectivity index (χ3n) is 1.89. The maximum absolute atomic E-state index is 5.96. The summed E-state index contributed by atoms with van der Waals surface area (Å²) in [6.45, 7) is 0.595. The van der Waals surface area contributed by atoms with Crippen molar-refractivity contribution in [3.8, 4) is 0 Å². The first kappa shape index (κ1) is 8.53.